The second-order valence-electron chi connectivity index (χ2n) is 6.56. The number of carbonyl (C=O) groups is 2. The molecule has 0 saturated heterocycles. The lowest BCUT2D eigenvalue weighted by molar-refractivity contribution is 0.0727. The quantitative estimate of drug-likeness (QED) is 0.237. The molecule has 152 valence electrons. The summed E-state index contributed by atoms with van der Waals surface area (Å²) in [4.78, 5) is 25.0. The molecule has 0 fully saturated rings. The van der Waals surface area contributed by atoms with Crippen molar-refractivity contribution in [2.45, 2.75) is 6.92 Å². The number of allylic oxidation sites excluding steroid dienone is 1. The molecule has 3 aromatic carbocycles. The van der Waals surface area contributed by atoms with Crippen LogP contribution in [0.15, 0.2) is 72.8 Å². The molecule has 0 aromatic heterocycles. The average molecular weight is 402 g/mol. The molecular formula is C25H22O5. The highest BCUT2D eigenvalue weighted by atomic mass is 16.5. The van der Waals surface area contributed by atoms with Crippen LogP contribution in [0.3, 0.4) is 0 Å². The summed E-state index contributed by atoms with van der Waals surface area (Å²) in [6, 6.07) is 19.3. The first-order valence-corrected chi connectivity index (χ1v) is 9.34. The number of benzene rings is 3. The van der Waals surface area contributed by atoms with Crippen molar-refractivity contribution in [1.29, 1.82) is 0 Å². The van der Waals surface area contributed by atoms with Crippen molar-refractivity contribution in [3.05, 3.63) is 95.1 Å². The molecule has 0 amide bonds. The van der Waals surface area contributed by atoms with Crippen LogP contribution in [-0.4, -0.2) is 26.0 Å². The van der Waals surface area contributed by atoms with Crippen LogP contribution in [0.25, 0.3) is 6.08 Å². The molecular weight excluding hydrogens is 380 g/mol. The number of esters is 1. The molecule has 0 aliphatic rings. The molecule has 3 rings (SSSR count). The van der Waals surface area contributed by atoms with Crippen LogP contribution in [0.4, 0.5) is 0 Å². The zero-order valence-corrected chi connectivity index (χ0v) is 17.0. The smallest absolute Gasteiger partial charge is 0.351 e. The largest absolute Gasteiger partial charge is 0.496 e. The van der Waals surface area contributed by atoms with Crippen molar-refractivity contribution in [2.75, 3.05) is 14.2 Å². The third-order valence-corrected chi connectivity index (χ3v) is 4.49. The molecule has 5 nitrogen and oxygen atoms in total. The van der Waals surface area contributed by atoms with Gasteiger partial charge in [0.1, 0.15) is 22.8 Å². The van der Waals surface area contributed by atoms with E-state index in [1.807, 2.05) is 31.2 Å². The number of rotatable bonds is 7. The molecule has 0 heterocycles. The van der Waals surface area contributed by atoms with Crippen LogP contribution in [0.1, 0.15) is 31.8 Å². The summed E-state index contributed by atoms with van der Waals surface area (Å²) in [6.07, 6.45) is 3.29. The molecule has 0 radical (unpaired) electrons. The van der Waals surface area contributed by atoms with Gasteiger partial charge in [-0.3, -0.25) is 4.79 Å². The van der Waals surface area contributed by atoms with Gasteiger partial charge in [0.2, 0.25) is 0 Å². The fraction of sp³-hybridized carbons (Fsp3) is 0.120. The number of hydrogen-bond donors (Lipinski definition) is 0. The van der Waals surface area contributed by atoms with Gasteiger partial charge in [0.15, 0.2) is 5.78 Å². The summed E-state index contributed by atoms with van der Waals surface area (Å²) in [7, 11) is 2.94. The SMILES string of the molecule is COc1cccc(OC)c1C(=O)Oc1ccc(C(=O)C=Cc2ccc(C)cc2)cc1. The highest BCUT2D eigenvalue weighted by Gasteiger charge is 2.20. The Morgan fingerprint density at radius 1 is 0.800 bits per heavy atom. The number of ketones is 1. The van der Waals surface area contributed by atoms with E-state index in [0.717, 1.165) is 11.1 Å². The predicted octanol–water partition coefficient (Wildman–Crippen LogP) is 5.13. The van der Waals surface area contributed by atoms with Crippen molar-refractivity contribution in [2.24, 2.45) is 0 Å². The average Bonchev–Trinajstić information content (AvgIpc) is 2.78. The Hall–Kier alpha value is -3.86. The Morgan fingerprint density at radius 3 is 1.97 bits per heavy atom. The maximum atomic E-state index is 12.6. The number of carbonyl (C=O) groups excluding carboxylic acids is 2. The molecule has 0 unspecified atom stereocenters. The van der Waals surface area contributed by atoms with Gasteiger partial charge in [-0.1, -0.05) is 42.0 Å². The van der Waals surface area contributed by atoms with Crippen LogP contribution in [-0.2, 0) is 0 Å². The van der Waals surface area contributed by atoms with Gasteiger partial charge in [0.25, 0.3) is 0 Å². The van der Waals surface area contributed by atoms with Crippen molar-refractivity contribution in [3.8, 4) is 17.2 Å². The van der Waals surface area contributed by atoms with Crippen LogP contribution in [0.5, 0.6) is 17.2 Å². The minimum atomic E-state index is -0.609. The predicted molar refractivity (Wildman–Crippen MR) is 115 cm³/mol. The van der Waals surface area contributed by atoms with Crippen molar-refractivity contribution in [3.63, 3.8) is 0 Å². The lowest BCUT2D eigenvalue weighted by atomic mass is 10.1. The first-order chi connectivity index (χ1) is 14.5. The summed E-state index contributed by atoms with van der Waals surface area (Å²) in [5, 5.41) is 0. The monoisotopic (exact) mass is 402 g/mol. The summed E-state index contributed by atoms with van der Waals surface area (Å²) < 4.78 is 15.9. The van der Waals surface area contributed by atoms with Gasteiger partial charge in [0, 0.05) is 5.56 Å². The lowest BCUT2D eigenvalue weighted by Gasteiger charge is -2.12. The molecule has 30 heavy (non-hydrogen) atoms. The summed E-state index contributed by atoms with van der Waals surface area (Å²) in [6.45, 7) is 2.01. The minimum Gasteiger partial charge on any atom is -0.496 e. The van der Waals surface area contributed by atoms with E-state index in [9.17, 15) is 9.59 Å². The molecule has 0 bridgehead atoms. The Bertz CT molecular complexity index is 1040. The Kier molecular flexibility index (Phi) is 6.65. The number of aryl methyl sites for hydroxylation is 1. The first-order valence-electron chi connectivity index (χ1n) is 9.34. The number of hydrogen-bond acceptors (Lipinski definition) is 5. The van der Waals surface area contributed by atoms with E-state index in [-0.39, 0.29) is 11.3 Å². The zero-order valence-electron chi connectivity index (χ0n) is 17.0. The van der Waals surface area contributed by atoms with Crippen molar-refractivity contribution < 1.29 is 23.8 Å². The second kappa shape index (κ2) is 9.56. The Morgan fingerprint density at radius 2 is 1.40 bits per heavy atom. The molecule has 3 aromatic rings. The van der Waals surface area contributed by atoms with Gasteiger partial charge < -0.3 is 14.2 Å². The molecule has 0 aliphatic heterocycles. The highest BCUT2D eigenvalue weighted by molar-refractivity contribution is 6.07. The van der Waals surface area contributed by atoms with Crippen molar-refractivity contribution >= 4 is 17.8 Å². The van der Waals surface area contributed by atoms with Crippen LogP contribution in [0.2, 0.25) is 0 Å². The third-order valence-electron chi connectivity index (χ3n) is 4.49. The van der Waals surface area contributed by atoms with Crippen LogP contribution < -0.4 is 14.2 Å². The normalized spacial score (nSPS) is 10.6. The summed E-state index contributed by atoms with van der Waals surface area (Å²) in [5.74, 6) is 0.272. The topological polar surface area (TPSA) is 61.8 Å². The van der Waals surface area contributed by atoms with E-state index in [0.29, 0.717) is 22.8 Å². The molecule has 5 heteroatoms. The van der Waals surface area contributed by atoms with E-state index in [1.54, 1.807) is 48.5 Å². The van der Waals surface area contributed by atoms with E-state index in [2.05, 4.69) is 0 Å². The molecule has 0 N–H and O–H groups in total. The summed E-state index contributed by atoms with van der Waals surface area (Å²) >= 11 is 0. The van der Waals surface area contributed by atoms with Gasteiger partial charge in [-0.15, -0.1) is 0 Å². The first kappa shape index (κ1) is 20.9. The molecule has 0 saturated carbocycles. The number of ether oxygens (including phenoxy) is 3. The molecule has 0 spiro atoms. The minimum absolute atomic E-state index is 0.139. The second-order valence-corrected chi connectivity index (χ2v) is 6.56. The van der Waals surface area contributed by atoms with E-state index in [4.69, 9.17) is 14.2 Å². The van der Waals surface area contributed by atoms with Gasteiger partial charge in [-0.25, -0.2) is 4.79 Å². The fourth-order valence-electron chi connectivity index (χ4n) is 2.84. The van der Waals surface area contributed by atoms with Gasteiger partial charge in [0.05, 0.1) is 14.2 Å². The van der Waals surface area contributed by atoms with Gasteiger partial charge >= 0.3 is 5.97 Å². The van der Waals surface area contributed by atoms with Crippen LogP contribution in [0, 0.1) is 6.92 Å². The van der Waals surface area contributed by atoms with Gasteiger partial charge in [-0.2, -0.15) is 0 Å². The van der Waals surface area contributed by atoms with Crippen LogP contribution >= 0.6 is 0 Å². The van der Waals surface area contributed by atoms with Crippen molar-refractivity contribution in [1.82, 2.24) is 0 Å². The Balaban J connectivity index is 1.71. The van der Waals surface area contributed by atoms with E-state index in [1.165, 1.54) is 20.3 Å². The Labute approximate surface area is 175 Å². The maximum Gasteiger partial charge on any atom is 0.351 e. The summed E-state index contributed by atoms with van der Waals surface area (Å²) in [5.41, 5.74) is 2.80. The van der Waals surface area contributed by atoms with E-state index >= 15 is 0 Å². The fourth-order valence-corrected chi connectivity index (χ4v) is 2.84. The van der Waals surface area contributed by atoms with Gasteiger partial charge in [-0.05, 0) is 55.0 Å². The number of methoxy groups -OCH3 is 2. The zero-order chi connectivity index (χ0) is 21.5. The van der Waals surface area contributed by atoms with E-state index < -0.39 is 5.97 Å². The lowest BCUT2D eigenvalue weighted by Crippen LogP contribution is -2.12. The maximum absolute atomic E-state index is 12.6. The molecule has 0 atom stereocenters. The standard InChI is InChI=1S/C25H22O5/c1-17-7-9-18(10-8-17)11-16-21(26)19-12-14-20(15-13-19)30-25(27)24-22(28-2)5-4-6-23(24)29-3/h4-16H,1-3H3. The molecule has 0 aliphatic carbocycles. The third kappa shape index (κ3) is 4.94. The highest BCUT2D eigenvalue weighted by Crippen LogP contribution is 2.29.